The van der Waals surface area contributed by atoms with Gasteiger partial charge >= 0.3 is 11.9 Å². The molecule has 2 saturated heterocycles. The summed E-state index contributed by atoms with van der Waals surface area (Å²) >= 11 is 0. The quantitative estimate of drug-likeness (QED) is 0.386. The number of rotatable bonds is 8. The molecule has 0 amide bonds. The van der Waals surface area contributed by atoms with Gasteiger partial charge < -0.3 is 23.7 Å². The van der Waals surface area contributed by atoms with Crippen molar-refractivity contribution in [2.24, 2.45) is 23.7 Å². The number of hydrogen-bond acceptors (Lipinski definition) is 7. The summed E-state index contributed by atoms with van der Waals surface area (Å²) in [6.07, 6.45) is -1.33. The zero-order chi connectivity index (χ0) is 28.1. The summed E-state index contributed by atoms with van der Waals surface area (Å²) in [5.41, 5.74) is 1.02. The molecule has 2 aromatic rings. The van der Waals surface area contributed by atoms with Crippen LogP contribution in [0.25, 0.3) is 0 Å². The molecule has 2 fully saturated rings. The molecule has 7 nitrogen and oxygen atoms in total. The Morgan fingerprint density at radius 1 is 0.667 bits per heavy atom. The minimum atomic E-state index is -0.705. The third-order valence-electron chi connectivity index (χ3n) is 8.63. The van der Waals surface area contributed by atoms with Gasteiger partial charge in [0.05, 0.1) is 36.0 Å². The minimum Gasteiger partial charge on any atom is -0.456 e. The highest BCUT2D eigenvalue weighted by Gasteiger charge is 2.46. The van der Waals surface area contributed by atoms with Crippen molar-refractivity contribution in [3.8, 4) is 0 Å². The second-order valence-corrected chi connectivity index (χ2v) is 11.1. The number of esters is 2. The summed E-state index contributed by atoms with van der Waals surface area (Å²) in [5.74, 6) is -0.381. The highest BCUT2D eigenvalue weighted by atomic mass is 16.7. The highest BCUT2D eigenvalue weighted by Crippen LogP contribution is 2.37. The fraction of sp³-hybridized carbons (Fsp3) is 0.562. The third kappa shape index (κ3) is 6.71. The molecule has 212 valence electrons. The topological polar surface area (TPSA) is 80.3 Å². The molecule has 0 N–H and O–H groups in total. The highest BCUT2D eigenvalue weighted by molar-refractivity contribution is 5.89. The summed E-state index contributed by atoms with van der Waals surface area (Å²) in [6.45, 7) is 12.7. The lowest BCUT2D eigenvalue weighted by Gasteiger charge is -2.46. The first-order chi connectivity index (χ1) is 18.7. The van der Waals surface area contributed by atoms with Crippen molar-refractivity contribution >= 4 is 11.9 Å². The van der Waals surface area contributed by atoms with Gasteiger partial charge in [-0.3, -0.25) is 0 Å². The molecule has 0 aliphatic carbocycles. The van der Waals surface area contributed by atoms with E-state index in [-0.39, 0.29) is 66.6 Å². The van der Waals surface area contributed by atoms with Gasteiger partial charge in [-0.25, -0.2) is 9.59 Å². The molecule has 2 heterocycles. The average Bonchev–Trinajstić information content (AvgIpc) is 2.96. The second-order valence-electron chi connectivity index (χ2n) is 11.1. The first-order valence-electron chi connectivity index (χ1n) is 14.2. The number of hydrogen-bond donors (Lipinski definition) is 0. The summed E-state index contributed by atoms with van der Waals surface area (Å²) in [7, 11) is 0. The summed E-state index contributed by atoms with van der Waals surface area (Å²) in [6, 6.07) is 18.0. The Labute approximate surface area is 232 Å². The van der Waals surface area contributed by atoms with Crippen molar-refractivity contribution in [1.82, 2.24) is 0 Å². The fourth-order valence-electron chi connectivity index (χ4n) is 5.68. The number of benzene rings is 2. The normalized spacial score (nSPS) is 34.7. The van der Waals surface area contributed by atoms with E-state index in [1.54, 1.807) is 24.3 Å². The lowest BCUT2D eigenvalue weighted by Crippen LogP contribution is -2.54. The van der Waals surface area contributed by atoms with Crippen molar-refractivity contribution in [1.29, 1.82) is 0 Å². The predicted octanol–water partition coefficient (Wildman–Crippen LogP) is 5.92. The second kappa shape index (κ2) is 13.1. The standard InChI is InChI=1S/C32H42O7/c1-7-26-19(2)22(5)29(39-31(34)25-16-12-9-13-17-25)32(37-26)35-18-27-20(3)21(4)28(23(6)36-27)38-30(33)24-14-10-8-11-15-24/h8-17,19-23,26-29,32H,7,18H2,1-6H3. The first-order valence-corrected chi connectivity index (χ1v) is 14.2. The van der Waals surface area contributed by atoms with Gasteiger partial charge in [-0.05, 0) is 49.4 Å². The molecule has 7 heteroatoms. The van der Waals surface area contributed by atoms with Crippen LogP contribution in [0.3, 0.4) is 0 Å². The molecule has 39 heavy (non-hydrogen) atoms. The molecule has 2 aliphatic rings. The Balaban J connectivity index is 1.41. The van der Waals surface area contributed by atoms with Crippen molar-refractivity contribution in [3.05, 3.63) is 71.8 Å². The SMILES string of the molecule is CCC1OC(OCC2OC(C)C(OC(=O)c3ccccc3)C(C)C2C)C(OC(=O)c2ccccc2)C(C)C1C. The molecular weight excluding hydrogens is 496 g/mol. The summed E-state index contributed by atoms with van der Waals surface area (Å²) in [5, 5.41) is 0. The van der Waals surface area contributed by atoms with Crippen molar-refractivity contribution < 1.29 is 33.3 Å². The Morgan fingerprint density at radius 3 is 1.69 bits per heavy atom. The van der Waals surface area contributed by atoms with Crippen molar-refractivity contribution in [3.63, 3.8) is 0 Å². The largest absolute Gasteiger partial charge is 0.456 e. The van der Waals surface area contributed by atoms with Crippen LogP contribution in [0.1, 0.15) is 68.7 Å². The van der Waals surface area contributed by atoms with E-state index in [4.69, 9.17) is 23.7 Å². The van der Waals surface area contributed by atoms with E-state index in [9.17, 15) is 9.59 Å². The molecule has 0 aromatic heterocycles. The average molecular weight is 539 g/mol. The van der Waals surface area contributed by atoms with Gasteiger partial charge in [-0.2, -0.15) is 0 Å². The van der Waals surface area contributed by atoms with Crippen LogP contribution in [-0.2, 0) is 23.7 Å². The molecule has 0 spiro atoms. The molecule has 4 rings (SSSR count). The minimum absolute atomic E-state index is 0.000927. The van der Waals surface area contributed by atoms with Gasteiger partial charge in [0.15, 0.2) is 12.4 Å². The Bertz CT molecular complexity index is 1070. The molecule has 2 aliphatic heterocycles. The third-order valence-corrected chi connectivity index (χ3v) is 8.63. The summed E-state index contributed by atoms with van der Waals surface area (Å²) in [4.78, 5) is 25.6. The van der Waals surface area contributed by atoms with Gasteiger partial charge in [0.2, 0.25) is 0 Å². The predicted molar refractivity (Wildman–Crippen MR) is 147 cm³/mol. The van der Waals surface area contributed by atoms with Crippen LogP contribution in [0.15, 0.2) is 60.7 Å². The lowest BCUT2D eigenvalue weighted by atomic mass is 9.81. The maximum Gasteiger partial charge on any atom is 0.338 e. The molecule has 0 bridgehead atoms. The van der Waals surface area contributed by atoms with Gasteiger partial charge in [0.1, 0.15) is 6.10 Å². The number of carbonyl (C=O) groups excluding carboxylic acids is 2. The maximum atomic E-state index is 12.9. The van der Waals surface area contributed by atoms with Gasteiger partial charge in [-0.1, -0.05) is 71.0 Å². The fourth-order valence-corrected chi connectivity index (χ4v) is 5.68. The van der Waals surface area contributed by atoms with Gasteiger partial charge in [0.25, 0.3) is 0 Å². The Hall–Kier alpha value is -2.74. The van der Waals surface area contributed by atoms with Crippen LogP contribution in [0, 0.1) is 23.7 Å². The van der Waals surface area contributed by atoms with Crippen LogP contribution in [0.2, 0.25) is 0 Å². The van der Waals surface area contributed by atoms with Crippen LogP contribution in [-0.4, -0.2) is 55.4 Å². The molecule has 10 atom stereocenters. The van der Waals surface area contributed by atoms with E-state index in [0.29, 0.717) is 11.1 Å². The van der Waals surface area contributed by atoms with Crippen LogP contribution in [0.4, 0.5) is 0 Å². The number of ether oxygens (including phenoxy) is 5. The zero-order valence-corrected chi connectivity index (χ0v) is 23.8. The van der Waals surface area contributed by atoms with Crippen molar-refractivity contribution in [2.45, 2.75) is 84.8 Å². The number of carbonyl (C=O) groups is 2. The van der Waals surface area contributed by atoms with Gasteiger partial charge in [-0.15, -0.1) is 0 Å². The van der Waals surface area contributed by atoms with E-state index in [1.807, 2.05) is 43.3 Å². The van der Waals surface area contributed by atoms with E-state index in [0.717, 1.165) is 6.42 Å². The lowest BCUT2D eigenvalue weighted by molar-refractivity contribution is -0.284. The van der Waals surface area contributed by atoms with Crippen LogP contribution >= 0.6 is 0 Å². The molecule has 0 radical (unpaired) electrons. The monoisotopic (exact) mass is 538 g/mol. The molecule has 0 saturated carbocycles. The smallest absolute Gasteiger partial charge is 0.338 e. The summed E-state index contributed by atoms with van der Waals surface area (Å²) < 4.78 is 30.9. The van der Waals surface area contributed by atoms with Gasteiger partial charge in [0, 0.05) is 11.8 Å². The molecule has 10 unspecified atom stereocenters. The van der Waals surface area contributed by atoms with E-state index in [2.05, 4.69) is 34.6 Å². The maximum absolute atomic E-state index is 12.9. The Morgan fingerprint density at radius 2 is 1.15 bits per heavy atom. The van der Waals surface area contributed by atoms with Crippen LogP contribution in [0.5, 0.6) is 0 Å². The van der Waals surface area contributed by atoms with E-state index < -0.39 is 12.4 Å². The van der Waals surface area contributed by atoms with Crippen molar-refractivity contribution in [2.75, 3.05) is 6.61 Å². The zero-order valence-electron chi connectivity index (χ0n) is 23.8. The molecule has 2 aromatic carbocycles. The van der Waals surface area contributed by atoms with E-state index >= 15 is 0 Å². The first kappa shape index (κ1) is 29.2. The van der Waals surface area contributed by atoms with E-state index in [1.165, 1.54) is 0 Å². The van der Waals surface area contributed by atoms with Crippen LogP contribution < -0.4 is 0 Å². The molecular formula is C32H42O7. The Kier molecular flexibility index (Phi) is 9.81.